The fourth-order valence-electron chi connectivity index (χ4n) is 2.41. The van der Waals surface area contributed by atoms with Crippen LogP contribution in [0.2, 0.25) is 0 Å². The first-order valence-corrected chi connectivity index (χ1v) is 7.32. The molecule has 1 aliphatic rings. The lowest BCUT2D eigenvalue weighted by Crippen LogP contribution is -2.28. The van der Waals surface area contributed by atoms with Crippen LogP contribution in [-0.2, 0) is 0 Å². The van der Waals surface area contributed by atoms with E-state index >= 15 is 0 Å². The summed E-state index contributed by atoms with van der Waals surface area (Å²) in [5.74, 6) is 1.33. The Labute approximate surface area is 136 Å². The predicted octanol–water partition coefficient (Wildman–Crippen LogP) is 0.427. The Morgan fingerprint density at radius 1 is 1.33 bits per heavy atom. The average molecular weight is 326 g/mol. The molecule has 0 saturated heterocycles. The molecule has 0 aromatic carbocycles. The van der Waals surface area contributed by atoms with Gasteiger partial charge in [-0.3, -0.25) is 4.79 Å². The molecule has 0 spiro atoms. The summed E-state index contributed by atoms with van der Waals surface area (Å²) in [5, 5.41) is 21.0. The standard InChI is InChI=1S/C14H14N8O2/c1-15-11-5-10-19-8-4-12(21-17-6-8)24-3-2-16-14(23)9-7-18-22(11)13(9)20-10/h4-7,15H,2-3H2,1H3,(H,16,23)(H,19,20). The van der Waals surface area contributed by atoms with E-state index in [1.165, 1.54) is 6.20 Å². The molecule has 0 unspecified atom stereocenters. The summed E-state index contributed by atoms with van der Waals surface area (Å²) >= 11 is 0. The number of ether oxygens (including phenoxy) is 1. The van der Waals surface area contributed by atoms with Crippen LogP contribution in [0.25, 0.3) is 5.65 Å². The van der Waals surface area contributed by atoms with Gasteiger partial charge in [0.2, 0.25) is 5.88 Å². The summed E-state index contributed by atoms with van der Waals surface area (Å²) in [5.41, 5.74) is 1.51. The molecule has 0 saturated carbocycles. The molecule has 4 heterocycles. The molecule has 24 heavy (non-hydrogen) atoms. The molecule has 0 aliphatic carbocycles. The maximum absolute atomic E-state index is 12.4. The van der Waals surface area contributed by atoms with Crippen molar-refractivity contribution in [3.05, 3.63) is 30.1 Å². The monoisotopic (exact) mass is 326 g/mol. The van der Waals surface area contributed by atoms with E-state index in [4.69, 9.17) is 4.74 Å². The van der Waals surface area contributed by atoms with Crippen LogP contribution < -0.4 is 20.7 Å². The average Bonchev–Trinajstić information content (AvgIpc) is 3.01. The third-order valence-corrected chi connectivity index (χ3v) is 3.51. The first-order chi connectivity index (χ1) is 11.7. The minimum atomic E-state index is -0.266. The number of carbonyl (C=O) groups excluding carboxylic acids is 1. The van der Waals surface area contributed by atoms with Gasteiger partial charge in [0, 0.05) is 19.2 Å². The van der Waals surface area contributed by atoms with Gasteiger partial charge in [-0.2, -0.15) is 14.7 Å². The normalized spacial score (nSPS) is 14.0. The van der Waals surface area contributed by atoms with Gasteiger partial charge in [-0.05, 0) is 0 Å². The van der Waals surface area contributed by atoms with Gasteiger partial charge in [0.1, 0.15) is 23.8 Å². The number of amides is 1. The van der Waals surface area contributed by atoms with E-state index in [-0.39, 0.29) is 12.5 Å². The predicted molar refractivity (Wildman–Crippen MR) is 85.7 cm³/mol. The van der Waals surface area contributed by atoms with Crippen LogP contribution in [0.4, 0.5) is 17.3 Å². The van der Waals surface area contributed by atoms with Gasteiger partial charge < -0.3 is 20.7 Å². The van der Waals surface area contributed by atoms with Crippen molar-refractivity contribution in [3.63, 3.8) is 0 Å². The number of aromatic nitrogens is 5. The molecule has 0 fully saturated rings. The van der Waals surface area contributed by atoms with E-state index in [1.54, 1.807) is 29.9 Å². The molecule has 4 bridgehead atoms. The molecule has 122 valence electrons. The zero-order chi connectivity index (χ0) is 16.5. The third kappa shape index (κ3) is 2.43. The van der Waals surface area contributed by atoms with E-state index in [9.17, 15) is 4.79 Å². The summed E-state index contributed by atoms with van der Waals surface area (Å²) < 4.78 is 7.06. The number of carbonyl (C=O) groups is 1. The fraction of sp³-hybridized carbons (Fsp3) is 0.214. The largest absolute Gasteiger partial charge is 0.475 e. The van der Waals surface area contributed by atoms with E-state index < -0.39 is 0 Å². The second-order valence-corrected chi connectivity index (χ2v) is 5.08. The van der Waals surface area contributed by atoms with Crippen molar-refractivity contribution in [1.29, 1.82) is 0 Å². The molecule has 10 heteroatoms. The molecular formula is C14H14N8O2. The van der Waals surface area contributed by atoms with Crippen LogP contribution in [0.15, 0.2) is 24.5 Å². The Bertz CT molecular complexity index is 922. The highest BCUT2D eigenvalue weighted by Gasteiger charge is 2.17. The van der Waals surface area contributed by atoms with E-state index in [1.807, 2.05) is 0 Å². The molecular weight excluding hydrogens is 312 g/mol. The number of fused-ring (bicyclic) bond motifs is 3. The number of rotatable bonds is 1. The first kappa shape index (κ1) is 14.2. The summed E-state index contributed by atoms with van der Waals surface area (Å²) in [6, 6.07) is 3.50. The quantitative estimate of drug-likeness (QED) is 0.589. The van der Waals surface area contributed by atoms with Gasteiger partial charge in [0.15, 0.2) is 5.65 Å². The van der Waals surface area contributed by atoms with E-state index in [0.29, 0.717) is 41.0 Å². The number of hydrogen-bond donors (Lipinski definition) is 3. The van der Waals surface area contributed by atoms with Gasteiger partial charge >= 0.3 is 0 Å². The van der Waals surface area contributed by atoms with Crippen molar-refractivity contribution in [2.75, 3.05) is 30.8 Å². The Hall–Kier alpha value is -3.43. The lowest BCUT2D eigenvalue weighted by Gasteiger charge is -2.10. The minimum Gasteiger partial charge on any atom is -0.475 e. The summed E-state index contributed by atoms with van der Waals surface area (Å²) in [6.45, 7) is 0.606. The first-order valence-electron chi connectivity index (χ1n) is 7.32. The van der Waals surface area contributed by atoms with Crippen LogP contribution in [-0.4, -0.2) is 50.9 Å². The molecule has 0 radical (unpaired) electrons. The highest BCUT2D eigenvalue weighted by atomic mass is 16.5. The van der Waals surface area contributed by atoms with Crippen LogP contribution in [0.1, 0.15) is 10.4 Å². The number of hydrogen-bond acceptors (Lipinski definition) is 8. The number of nitrogens with one attached hydrogen (secondary N) is 3. The van der Waals surface area contributed by atoms with Crippen molar-refractivity contribution in [2.45, 2.75) is 0 Å². The molecule has 3 aromatic rings. The molecule has 1 amide bonds. The van der Waals surface area contributed by atoms with Crippen molar-refractivity contribution in [1.82, 2.24) is 30.1 Å². The van der Waals surface area contributed by atoms with Gasteiger partial charge in [-0.15, -0.1) is 5.10 Å². The smallest absolute Gasteiger partial charge is 0.256 e. The Morgan fingerprint density at radius 3 is 3.12 bits per heavy atom. The second kappa shape index (κ2) is 5.65. The zero-order valence-electron chi connectivity index (χ0n) is 12.8. The van der Waals surface area contributed by atoms with Crippen molar-refractivity contribution >= 4 is 28.9 Å². The van der Waals surface area contributed by atoms with Gasteiger partial charge in [-0.1, -0.05) is 0 Å². The van der Waals surface area contributed by atoms with Gasteiger partial charge in [0.25, 0.3) is 5.91 Å². The number of nitrogens with zero attached hydrogens (tertiary/aromatic N) is 5. The van der Waals surface area contributed by atoms with Crippen molar-refractivity contribution in [3.8, 4) is 5.88 Å². The number of anilines is 3. The maximum atomic E-state index is 12.4. The summed E-state index contributed by atoms with van der Waals surface area (Å²) in [6.07, 6.45) is 3.06. The summed E-state index contributed by atoms with van der Waals surface area (Å²) in [4.78, 5) is 16.8. The highest BCUT2D eigenvalue weighted by Crippen LogP contribution is 2.23. The molecule has 3 aromatic heterocycles. The van der Waals surface area contributed by atoms with Crippen LogP contribution in [0, 0.1) is 0 Å². The molecule has 1 aliphatic heterocycles. The third-order valence-electron chi connectivity index (χ3n) is 3.51. The Morgan fingerprint density at radius 2 is 2.25 bits per heavy atom. The summed E-state index contributed by atoms with van der Waals surface area (Å²) in [7, 11) is 1.77. The topological polar surface area (TPSA) is 118 Å². The van der Waals surface area contributed by atoms with Crippen LogP contribution in [0.3, 0.4) is 0 Å². The molecule has 3 N–H and O–H groups in total. The molecule has 10 nitrogen and oxygen atoms in total. The second-order valence-electron chi connectivity index (χ2n) is 5.08. The SMILES string of the molecule is CNc1cc2nc3c(cnn13)C(=O)NCCOc1cc(cnn1)N2. The van der Waals surface area contributed by atoms with Gasteiger partial charge in [0.05, 0.1) is 24.6 Å². The van der Waals surface area contributed by atoms with Crippen LogP contribution in [0.5, 0.6) is 5.88 Å². The Balaban J connectivity index is 1.88. The lowest BCUT2D eigenvalue weighted by molar-refractivity contribution is 0.0948. The molecule has 0 atom stereocenters. The van der Waals surface area contributed by atoms with Crippen molar-refractivity contribution in [2.24, 2.45) is 0 Å². The van der Waals surface area contributed by atoms with E-state index in [2.05, 4.69) is 36.2 Å². The minimum absolute atomic E-state index is 0.266. The lowest BCUT2D eigenvalue weighted by atomic mass is 10.3. The highest BCUT2D eigenvalue weighted by molar-refractivity contribution is 6.00. The maximum Gasteiger partial charge on any atom is 0.256 e. The molecule has 4 rings (SSSR count). The van der Waals surface area contributed by atoms with E-state index in [0.717, 1.165) is 0 Å². The van der Waals surface area contributed by atoms with Crippen molar-refractivity contribution < 1.29 is 9.53 Å². The van der Waals surface area contributed by atoms with Gasteiger partial charge in [-0.25, -0.2) is 4.98 Å². The van der Waals surface area contributed by atoms with Crippen LogP contribution >= 0.6 is 0 Å². The fourth-order valence-corrected chi connectivity index (χ4v) is 2.41. The zero-order valence-corrected chi connectivity index (χ0v) is 12.8. The Kier molecular flexibility index (Phi) is 3.34.